The molecule has 6 nitrogen and oxygen atoms in total. The highest BCUT2D eigenvalue weighted by atomic mass is 32.2. The van der Waals surface area contributed by atoms with Crippen molar-refractivity contribution in [1.29, 1.82) is 0 Å². The normalized spacial score (nSPS) is 21.3. The van der Waals surface area contributed by atoms with Crippen LogP contribution in [0.4, 0.5) is 0 Å². The molecule has 1 fully saturated rings. The van der Waals surface area contributed by atoms with E-state index < -0.39 is 10.0 Å². The minimum Gasteiger partial charge on any atom is -0.355 e. The Morgan fingerprint density at radius 3 is 2.50 bits per heavy atom. The van der Waals surface area contributed by atoms with Gasteiger partial charge in [-0.3, -0.25) is 4.79 Å². The number of hydrogen-bond donors (Lipinski definition) is 3. The lowest BCUT2D eigenvalue weighted by atomic mass is 10.0. The van der Waals surface area contributed by atoms with E-state index in [0.29, 0.717) is 13.0 Å². The highest BCUT2D eigenvalue weighted by Gasteiger charge is 2.20. The molecule has 1 aliphatic rings. The minimum absolute atomic E-state index is 0.0736. The fraction of sp³-hybridized carbons (Fsp3) is 0.462. The Labute approximate surface area is 118 Å². The van der Waals surface area contributed by atoms with Gasteiger partial charge >= 0.3 is 0 Å². The predicted octanol–water partition coefficient (Wildman–Crippen LogP) is 0.263. The molecule has 2 rings (SSSR count). The molecule has 2 atom stereocenters. The molecule has 2 unspecified atom stereocenters. The molecule has 0 saturated carbocycles. The summed E-state index contributed by atoms with van der Waals surface area (Å²) >= 11 is 0. The van der Waals surface area contributed by atoms with Gasteiger partial charge in [-0.1, -0.05) is 12.1 Å². The molecule has 1 saturated heterocycles. The van der Waals surface area contributed by atoms with Crippen LogP contribution in [0.1, 0.15) is 31.4 Å². The second-order valence-electron chi connectivity index (χ2n) is 5.04. The number of amides is 1. The Hall–Kier alpha value is -1.44. The van der Waals surface area contributed by atoms with E-state index in [4.69, 9.17) is 5.14 Å². The molecule has 20 heavy (non-hydrogen) atoms. The lowest BCUT2D eigenvalue weighted by Gasteiger charge is -2.27. The van der Waals surface area contributed by atoms with Gasteiger partial charge in [-0.15, -0.1) is 0 Å². The standard InChI is InChI=1S/C13H19N3O3S/c1-9(16-11-4-7-13(17)15-8-11)10-2-5-12(6-3-10)20(14,18)19/h2-3,5-6,9,11,16H,4,7-8H2,1H3,(H,15,17)(H2,14,18,19). The molecular formula is C13H19N3O3S. The van der Waals surface area contributed by atoms with Crippen LogP contribution in [-0.4, -0.2) is 26.9 Å². The van der Waals surface area contributed by atoms with Gasteiger partial charge in [0.15, 0.2) is 0 Å². The molecule has 0 spiro atoms. The fourth-order valence-electron chi connectivity index (χ4n) is 2.27. The van der Waals surface area contributed by atoms with E-state index in [2.05, 4.69) is 10.6 Å². The zero-order chi connectivity index (χ0) is 14.8. The van der Waals surface area contributed by atoms with Crippen LogP contribution in [0, 0.1) is 0 Å². The van der Waals surface area contributed by atoms with Crippen LogP contribution >= 0.6 is 0 Å². The van der Waals surface area contributed by atoms with E-state index in [0.717, 1.165) is 12.0 Å². The van der Waals surface area contributed by atoms with Gasteiger partial charge in [0.1, 0.15) is 0 Å². The van der Waals surface area contributed by atoms with Gasteiger partial charge < -0.3 is 10.6 Å². The maximum absolute atomic E-state index is 11.2. The molecule has 0 aromatic heterocycles. The van der Waals surface area contributed by atoms with Crippen LogP contribution in [0.25, 0.3) is 0 Å². The van der Waals surface area contributed by atoms with Crippen LogP contribution in [0.2, 0.25) is 0 Å². The van der Waals surface area contributed by atoms with E-state index >= 15 is 0 Å². The van der Waals surface area contributed by atoms with Crippen molar-refractivity contribution in [2.45, 2.75) is 36.7 Å². The smallest absolute Gasteiger partial charge is 0.238 e. The molecule has 110 valence electrons. The summed E-state index contributed by atoms with van der Waals surface area (Å²) in [7, 11) is -3.65. The van der Waals surface area contributed by atoms with Gasteiger partial charge in [-0.05, 0) is 31.0 Å². The van der Waals surface area contributed by atoms with E-state index in [1.165, 1.54) is 12.1 Å². The van der Waals surface area contributed by atoms with Gasteiger partial charge in [0, 0.05) is 25.0 Å². The van der Waals surface area contributed by atoms with Crippen molar-refractivity contribution in [3.8, 4) is 0 Å². The summed E-state index contributed by atoms with van der Waals surface area (Å²) in [5.41, 5.74) is 0.981. The molecular weight excluding hydrogens is 278 g/mol. The Morgan fingerprint density at radius 1 is 1.35 bits per heavy atom. The van der Waals surface area contributed by atoms with E-state index in [9.17, 15) is 13.2 Å². The number of carbonyl (C=O) groups is 1. The molecule has 4 N–H and O–H groups in total. The largest absolute Gasteiger partial charge is 0.355 e. The maximum Gasteiger partial charge on any atom is 0.238 e. The number of primary sulfonamides is 1. The highest BCUT2D eigenvalue weighted by molar-refractivity contribution is 7.89. The Bertz CT molecular complexity index is 573. The highest BCUT2D eigenvalue weighted by Crippen LogP contribution is 2.17. The van der Waals surface area contributed by atoms with E-state index in [1.54, 1.807) is 12.1 Å². The average Bonchev–Trinajstić information content (AvgIpc) is 2.40. The first-order valence-corrected chi connectivity index (χ1v) is 8.06. The van der Waals surface area contributed by atoms with Gasteiger partial charge in [0.05, 0.1) is 4.90 Å². The van der Waals surface area contributed by atoms with Crippen molar-refractivity contribution in [2.24, 2.45) is 5.14 Å². The van der Waals surface area contributed by atoms with Crippen molar-refractivity contribution in [2.75, 3.05) is 6.54 Å². The van der Waals surface area contributed by atoms with Gasteiger partial charge in [0.25, 0.3) is 0 Å². The summed E-state index contributed by atoms with van der Waals surface area (Å²) in [6.45, 7) is 2.63. The monoisotopic (exact) mass is 297 g/mol. The summed E-state index contributed by atoms with van der Waals surface area (Å²) < 4.78 is 22.4. The number of benzene rings is 1. The number of sulfonamides is 1. The number of rotatable bonds is 4. The third-order valence-electron chi connectivity index (χ3n) is 3.46. The molecule has 7 heteroatoms. The van der Waals surface area contributed by atoms with E-state index in [-0.39, 0.29) is 22.9 Å². The number of carbonyl (C=O) groups excluding carboxylic acids is 1. The van der Waals surface area contributed by atoms with Crippen molar-refractivity contribution < 1.29 is 13.2 Å². The lowest BCUT2D eigenvalue weighted by Crippen LogP contribution is -2.46. The summed E-state index contributed by atoms with van der Waals surface area (Å²) in [5.74, 6) is 0.0909. The summed E-state index contributed by atoms with van der Waals surface area (Å²) in [5, 5.41) is 11.3. The molecule has 1 aromatic carbocycles. The topological polar surface area (TPSA) is 101 Å². The third kappa shape index (κ3) is 3.78. The SMILES string of the molecule is CC(NC1CCC(=O)NC1)c1ccc(S(N)(=O)=O)cc1. The molecule has 1 amide bonds. The molecule has 1 aromatic rings. The Balaban J connectivity index is 1.99. The minimum atomic E-state index is -3.65. The van der Waals surface area contributed by atoms with E-state index in [1.807, 2.05) is 6.92 Å². The number of nitrogens with one attached hydrogen (secondary N) is 2. The first-order valence-electron chi connectivity index (χ1n) is 6.52. The van der Waals surface area contributed by atoms with Gasteiger partial charge in [0.2, 0.25) is 15.9 Å². The van der Waals surface area contributed by atoms with Crippen LogP contribution in [0.5, 0.6) is 0 Å². The Morgan fingerprint density at radius 2 is 2.00 bits per heavy atom. The number of hydrogen-bond acceptors (Lipinski definition) is 4. The third-order valence-corrected chi connectivity index (χ3v) is 4.39. The predicted molar refractivity (Wildman–Crippen MR) is 75.4 cm³/mol. The molecule has 0 bridgehead atoms. The number of nitrogens with two attached hydrogens (primary N) is 1. The maximum atomic E-state index is 11.2. The second kappa shape index (κ2) is 5.90. The van der Waals surface area contributed by atoms with Crippen molar-refractivity contribution in [3.63, 3.8) is 0 Å². The first kappa shape index (κ1) is 15.0. The van der Waals surface area contributed by atoms with Crippen molar-refractivity contribution >= 4 is 15.9 Å². The van der Waals surface area contributed by atoms with Gasteiger partial charge in [-0.25, -0.2) is 13.6 Å². The number of piperidine rings is 1. The summed E-state index contributed by atoms with van der Waals surface area (Å²) in [6.07, 6.45) is 1.35. The van der Waals surface area contributed by atoms with Crippen LogP contribution in [0.3, 0.4) is 0 Å². The van der Waals surface area contributed by atoms with Gasteiger partial charge in [-0.2, -0.15) is 0 Å². The first-order chi connectivity index (χ1) is 9.36. The second-order valence-corrected chi connectivity index (χ2v) is 6.60. The molecule has 0 radical (unpaired) electrons. The van der Waals surface area contributed by atoms with Crippen molar-refractivity contribution in [3.05, 3.63) is 29.8 Å². The molecule has 1 heterocycles. The average molecular weight is 297 g/mol. The van der Waals surface area contributed by atoms with Crippen LogP contribution in [0.15, 0.2) is 29.2 Å². The molecule has 0 aliphatic carbocycles. The molecule has 1 aliphatic heterocycles. The summed E-state index contributed by atoms with van der Waals surface area (Å²) in [6, 6.07) is 6.82. The Kier molecular flexibility index (Phi) is 4.42. The van der Waals surface area contributed by atoms with Crippen LogP contribution < -0.4 is 15.8 Å². The quantitative estimate of drug-likeness (QED) is 0.742. The zero-order valence-electron chi connectivity index (χ0n) is 11.3. The van der Waals surface area contributed by atoms with Crippen molar-refractivity contribution in [1.82, 2.24) is 10.6 Å². The fourth-order valence-corrected chi connectivity index (χ4v) is 2.79. The summed E-state index contributed by atoms with van der Waals surface area (Å²) in [4.78, 5) is 11.2. The lowest BCUT2D eigenvalue weighted by molar-refractivity contribution is -0.122. The zero-order valence-corrected chi connectivity index (χ0v) is 12.1. The van der Waals surface area contributed by atoms with Crippen LogP contribution in [-0.2, 0) is 14.8 Å².